The average Bonchev–Trinajstić information content (AvgIpc) is 2.34. The van der Waals surface area contributed by atoms with Gasteiger partial charge in [-0.3, -0.25) is 0 Å². The van der Waals surface area contributed by atoms with Crippen molar-refractivity contribution in [1.82, 2.24) is 5.48 Å². The molecule has 50 valence electrons. The number of hydrogen-bond acceptors (Lipinski definition) is 2. The molecule has 0 amide bonds. The molecule has 10 heavy (non-hydrogen) atoms. The van der Waals surface area contributed by atoms with E-state index in [1.165, 1.54) is 0 Å². The van der Waals surface area contributed by atoms with Crippen molar-refractivity contribution in [2.24, 2.45) is 0 Å². The molecule has 0 aromatic heterocycles. The van der Waals surface area contributed by atoms with Gasteiger partial charge in [0.1, 0.15) is 0 Å². The Morgan fingerprint density at radius 2 is 2.10 bits per heavy atom. The Kier molecular flexibility index (Phi) is 0.947. The Morgan fingerprint density at radius 3 is 2.90 bits per heavy atom. The topological polar surface area (TPSA) is 21.3 Å². The summed E-state index contributed by atoms with van der Waals surface area (Å²) in [5, 5.41) is 0. The first-order chi connectivity index (χ1) is 4.88. The molecule has 0 fully saturated rings. The summed E-state index contributed by atoms with van der Waals surface area (Å²) in [5.74, 6) is 0.854. The van der Waals surface area contributed by atoms with Crippen LogP contribution in [-0.4, -0.2) is 0 Å². The lowest BCUT2D eigenvalue weighted by Gasteiger charge is -1.91. The average molecular weight is 133 g/mol. The van der Waals surface area contributed by atoms with Crippen LogP contribution in [0, 0.1) is 0 Å². The highest BCUT2D eigenvalue weighted by Crippen LogP contribution is 2.27. The second-order valence-corrected chi connectivity index (χ2v) is 2.18. The van der Waals surface area contributed by atoms with Gasteiger partial charge in [0.25, 0.3) is 0 Å². The number of hydrogen-bond donors (Lipinski definition) is 1. The van der Waals surface area contributed by atoms with Crippen molar-refractivity contribution < 1.29 is 4.84 Å². The quantitative estimate of drug-likeness (QED) is 0.579. The maximum atomic E-state index is 5.06. The highest BCUT2D eigenvalue weighted by Gasteiger charge is 2.13. The normalized spacial score (nSPS) is 13.8. The lowest BCUT2D eigenvalue weighted by molar-refractivity contribution is 0.272. The molecule has 0 saturated carbocycles. The Morgan fingerprint density at radius 1 is 1.30 bits per heavy atom. The second kappa shape index (κ2) is 1.77. The SMILES string of the molecule is C=C1NOc2ccccc21. The summed E-state index contributed by atoms with van der Waals surface area (Å²) in [6.45, 7) is 3.76. The summed E-state index contributed by atoms with van der Waals surface area (Å²) >= 11 is 0. The van der Waals surface area contributed by atoms with Crippen LogP contribution in [-0.2, 0) is 0 Å². The van der Waals surface area contributed by atoms with E-state index in [1.54, 1.807) is 0 Å². The van der Waals surface area contributed by atoms with Crippen LogP contribution in [0.15, 0.2) is 30.8 Å². The van der Waals surface area contributed by atoms with E-state index in [-0.39, 0.29) is 0 Å². The Bertz CT molecular complexity index is 280. The highest BCUT2D eigenvalue weighted by atomic mass is 16.7. The zero-order chi connectivity index (χ0) is 6.97. The zero-order valence-electron chi connectivity index (χ0n) is 5.42. The Labute approximate surface area is 59.1 Å². The van der Waals surface area contributed by atoms with Crippen LogP contribution in [0.1, 0.15) is 5.56 Å². The van der Waals surface area contributed by atoms with Crippen LogP contribution in [0.2, 0.25) is 0 Å². The maximum absolute atomic E-state index is 5.06. The summed E-state index contributed by atoms with van der Waals surface area (Å²) in [5.41, 5.74) is 4.56. The minimum absolute atomic E-state index is 0.829. The van der Waals surface area contributed by atoms with E-state index in [4.69, 9.17) is 4.84 Å². The molecule has 1 aliphatic rings. The van der Waals surface area contributed by atoms with Crippen LogP contribution in [0.3, 0.4) is 0 Å². The molecule has 0 radical (unpaired) electrons. The van der Waals surface area contributed by atoms with E-state index in [0.29, 0.717) is 0 Å². The van der Waals surface area contributed by atoms with E-state index in [9.17, 15) is 0 Å². The van der Waals surface area contributed by atoms with Gasteiger partial charge >= 0.3 is 0 Å². The third-order valence-electron chi connectivity index (χ3n) is 1.50. The lowest BCUT2D eigenvalue weighted by atomic mass is 10.2. The van der Waals surface area contributed by atoms with E-state index >= 15 is 0 Å². The summed E-state index contributed by atoms with van der Waals surface area (Å²) in [4.78, 5) is 5.06. The summed E-state index contributed by atoms with van der Waals surface area (Å²) < 4.78 is 0. The summed E-state index contributed by atoms with van der Waals surface area (Å²) in [7, 11) is 0. The van der Waals surface area contributed by atoms with E-state index < -0.39 is 0 Å². The standard InChI is InChI=1S/C8H7NO/c1-6-7-4-2-3-5-8(7)10-9-6/h2-5,9H,1H2. The molecule has 1 aromatic carbocycles. The number of nitrogens with one attached hydrogen (secondary N) is 1. The van der Waals surface area contributed by atoms with Crippen molar-refractivity contribution in [3.63, 3.8) is 0 Å². The Hall–Kier alpha value is -1.44. The summed E-state index contributed by atoms with van der Waals surface area (Å²) in [6, 6.07) is 7.76. The fraction of sp³-hybridized carbons (Fsp3) is 0. The molecule has 1 aliphatic heterocycles. The van der Waals surface area contributed by atoms with Crippen LogP contribution >= 0.6 is 0 Å². The van der Waals surface area contributed by atoms with Crippen molar-refractivity contribution in [2.45, 2.75) is 0 Å². The van der Waals surface area contributed by atoms with Gasteiger partial charge in [-0.15, -0.1) is 0 Å². The lowest BCUT2D eigenvalue weighted by Crippen LogP contribution is -2.06. The molecule has 2 heteroatoms. The molecule has 0 saturated heterocycles. The number of para-hydroxylation sites is 1. The van der Waals surface area contributed by atoms with Crippen molar-refractivity contribution >= 4 is 5.70 Å². The first kappa shape index (κ1) is 5.35. The molecule has 2 rings (SSSR count). The largest absolute Gasteiger partial charge is 0.381 e. The molecule has 0 spiro atoms. The van der Waals surface area contributed by atoms with Crippen LogP contribution in [0.5, 0.6) is 5.75 Å². The third kappa shape index (κ3) is 0.589. The minimum atomic E-state index is 0.829. The molecular formula is C8H7NO. The fourth-order valence-electron chi connectivity index (χ4n) is 0.977. The zero-order valence-corrected chi connectivity index (χ0v) is 5.42. The monoisotopic (exact) mass is 133 g/mol. The van der Waals surface area contributed by atoms with E-state index in [0.717, 1.165) is 17.0 Å². The third-order valence-corrected chi connectivity index (χ3v) is 1.50. The van der Waals surface area contributed by atoms with Crippen molar-refractivity contribution in [3.8, 4) is 5.75 Å². The predicted octanol–water partition coefficient (Wildman–Crippen LogP) is 1.55. The molecule has 0 aliphatic carbocycles. The van der Waals surface area contributed by atoms with Gasteiger partial charge in [-0.25, -0.2) is 5.48 Å². The summed E-state index contributed by atoms with van der Waals surface area (Å²) in [6.07, 6.45) is 0. The molecule has 1 N–H and O–H groups in total. The first-order valence-electron chi connectivity index (χ1n) is 3.09. The number of hydroxylamine groups is 1. The maximum Gasteiger partial charge on any atom is 0.164 e. The van der Waals surface area contributed by atoms with Crippen molar-refractivity contribution in [3.05, 3.63) is 36.4 Å². The second-order valence-electron chi connectivity index (χ2n) is 2.18. The van der Waals surface area contributed by atoms with E-state index in [1.807, 2.05) is 24.3 Å². The van der Waals surface area contributed by atoms with Crippen molar-refractivity contribution in [1.29, 1.82) is 0 Å². The van der Waals surface area contributed by atoms with Gasteiger partial charge in [-0.1, -0.05) is 18.7 Å². The molecule has 0 atom stereocenters. The number of benzene rings is 1. The van der Waals surface area contributed by atoms with Gasteiger partial charge in [0.2, 0.25) is 0 Å². The molecular weight excluding hydrogens is 126 g/mol. The molecule has 0 unspecified atom stereocenters. The van der Waals surface area contributed by atoms with Crippen LogP contribution in [0.25, 0.3) is 5.70 Å². The van der Waals surface area contributed by atoms with Crippen molar-refractivity contribution in [2.75, 3.05) is 0 Å². The number of fused-ring (bicyclic) bond motifs is 1. The fourth-order valence-corrected chi connectivity index (χ4v) is 0.977. The smallest absolute Gasteiger partial charge is 0.164 e. The molecule has 1 aromatic rings. The minimum Gasteiger partial charge on any atom is -0.381 e. The van der Waals surface area contributed by atoms with E-state index in [2.05, 4.69) is 12.1 Å². The highest BCUT2D eigenvalue weighted by molar-refractivity contribution is 5.69. The Balaban J connectivity index is 2.61. The van der Waals surface area contributed by atoms with Gasteiger partial charge < -0.3 is 4.84 Å². The van der Waals surface area contributed by atoms with Gasteiger partial charge in [0.15, 0.2) is 5.75 Å². The van der Waals surface area contributed by atoms with Gasteiger partial charge in [0, 0.05) is 5.56 Å². The van der Waals surface area contributed by atoms with Crippen LogP contribution < -0.4 is 10.3 Å². The predicted molar refractivity (Wildman–Crippen MR) is 39.2 cm³/mol. The first-order valence-corrected chi connectivity index (χ1v) is 3.09. The van der Waals surface area contributed by atoms with Gasteiger partial charge in [-0.05, 0) is 12.1 Å². The van der Waals surface area contributed by atoms with Gasteiger partial charge in [0.05, 0.1) is 5.70 Å². The molecule has 2 nitrogen and oxygen atoms in total. The van der Waals surface area contributed by atoms with Gasteiger partial charge in [-0.2, -0.15) is 0 Å². The molecule has 1 heterocycles. The van der Waals surface area contributed by atoms with Crippen LogP contribution in [0.4, 0.5) is 0 Å². The molecule has 0 bridgehead atoms. The number of rotatable bonds is 0.